The number of thiazole rings is 1. The maximum absolute atomic E-state index is 13.0. The SMILES string of the molecule is CCn1nc(C(=O)N2CCCC2)c2c1CCC(N(C)Cc1nc(C)cs1)C2. The van der Waals surface area contributed by atoms with Crippen molar-refractivity contribution in [3.63, 3.8) is 0 Å². The fourth-order valence-electron chi connectivity index (χ4n) is 4.37. The molecule has 0 aromatic carbocycles. The maximum Gasteiger partial charge on any atom is 0.274 e. The van der Waals surface area contributed by atoms with Gasteiger partial charge in [0.15, 0.2) is 5.69 Å². The molecule has 2 aliphatic rings. The minimum atomic E-state index is 0.134. The third kappa shape index (κ3) is 3.67. The second-order valence-corrected chi connectivity index (χ2v) is 8.73. The highest BCUT2D eigenvalue weighted by atomic mass is 32.1. The quantitative estimate of drug-likeness (QED) is 0.792. The Bertz CT molecular complexity index is 820. The van der Waals surface area contributed by atoms with Gasteiger partial charge in [0, 0.05) is 48.0 Å². The number of nitrogens with zero attached hydrogens (tertiary/aromatic N) is 5. The van der Waals surface area contributed by atoms with Crippen molar-refractivity contribution in [1.29, 1.82) is 0 Å². The van der Waals surface area contributed by atoms with Gasteiger partial charge in [0.2, 0.25) is 0 Å². The Morgan fingerprint density at radius 2 is 2.15 bits per heavy atom. The molecular formula is C20H29N5OS. The monoisotopic (exact) mass is 387 g/mol. The van der Waals surface area contributed by atoms with Crippen molar-refractivity contribution < 1.29 is 4.79 Å². The van der Waals surface area contributed by atoms with Crippen LogP contribution < -0.4 is 0 Å². The van der Waals surface area contributed by atoms with Crippen molar-refractivity contribution in [3.8, 4) is 0 Å². The molecule has 4 rings (SSSR count). The van der Waals surface area contributed by atoms with Gasteiger partial charge in [-0.25, -0.2) is 4.98 Å². The number of rotatable bonds is 5. The summed E-state index contributed by atoms with van der Waals surface area (Å²) in [6.07, 6.45) is 5.24. The molecule has 0 radical (unpaired) electrons. The van der Waals surface area contributed by atoms with E-state index in [9.17, 15) is 4.79 Å². The molecule has 1 aliphatic heterocycles. The van der Waals surface area contributed by atoms with E-state index in [1.165, 1.54) is 16.3 Å². The van der Waals surface area contributed by atoms with Crippen LogP contribution in [0.2, 0.25) is 0 Å². The van der Waals surface area contributed by atoms with Gasteiger partial charge in [-0.2, -0.15) is 5.10 Å². The number of hydrogen-bond acceptors (Lipinski definition) is 5. The number of aromatic nitrogens is 3. The maximum atomic E-state index is 13.0. The zero-order valence-electron chi connectivity index (χ0n) is 16.6. The van der Waals surface area contributed by atoms with Gasteiger partial charge in [-0.15, -0.1) is 11.3 Å². The van der Waals surface area contributed by atoms with E-state index in [0.717, 1.165) is 64.0 Å². The molecule has 0 bridgehead atoms. The molecule has 0 N–H and O–H groups in total. The highest BCUT2D eigenvalue weighted by molar-refractivity contribution is 7.09. The molecule has 146 valence electrons. The minimum Gasteiger partial charge on any atom is -0.337 e. The Hall–Kier alpha value is -1.73. The molecule has 1 amide bonds. The van der Waals surface area contributed by atoms with E-state index in [4.69, 9.17) is 5.10 Å². The average molecular weight is 388 g/mol. The van der Waals surface area contributed by atoms with E-state index in [1.54, 1.807) is 11.3 Å². The lowest BCUT2D eigenvalue weighted by molar-refractivity contribution is 0.0784. The van der Waals surface area contributed by atoms with Crippen LogP contribution in [0.25, 0.3) is 0 Å². The summed E-state index contributed by atoms with van der Waals surface area (Å²) < 4.78 is 2.05. The topological polar surface area (TPSA) is 54.3 Å². The van der Waals surface area contributed by atoms with Crippen LogP contribution in [0.4, 0.5) is 0 Å². The van der Waals surface area contributed by atoms with Gasteiger partial charge in [-0.05, 0) is 53.0 Å². The van der Waals surface area contributed by atoms with Gasteiger partial charge in [0.05, 0.1) is 6.54 Å². The van der Waals surface area contributed by atoms with Gasteiger partial charge in [0.25, 0.3) is 5.91 Å². The molecule has 0 saturated carbocycles. The number of aryl methyl sites for hydroxylation is 2. The van der Waals surface area contributed by atoms with Crippen molar-refractivity contribution in [3.05, 3.63) is 33.0 Å². The summed E-state index contributed by atoms with van der Waals surface area (Å²) in [6.45, 7) is 7.60. The first-order valence-electron chi connectivity index (χ1n) is 10.1. The summed E-state index contributed by atoms with van der Waals surface area (Å²) in [5, 5.41) is 8.01. The average Bonchev–Trinajstić information content (AvgIpc) is 3.40. The summed E-state index contributed by atoms with van der Waals surface area (Å²) in [6, 6.07) is 0.432. The van der Waals surface area contributed by atoms with Gasteiger partial charge in [0.1, 0.15) is 5.01 Å². The summed E-state index contributed by atoms with van der Waals surface area (Å²) in [5.41, 5.74) is 4.26. The van der Waals surface area contributed by atoms with Crippen molar-refractivity contribution in [1.82, 2.24) is 24.6 Å². The van der Waals surface area contributed by atoms with Crippen molar-refractivity contribution in [2.45, 2.75) is 65.1 Å². The van der Waals surface area contributed by atoms with Crippen LogP contribution in [0, 0.1) is 6.92 Å². The molecule has 1 saturated heterocycles. The second kappa shape index (κ2) is 7.72. The molecule has 3 heterocycles. The van der Waals surface area contributed by atoms with Gasteiger partial charge in [-0.3, -0.25) is 14.4 Å². The molecule has 1 aliphatic carbocycles. The van der Waals surface area contributed by atoms with Gasteiger partial charge in [-0.1, -0.05) is 0 Å². The summed E-state index contributed by atoms with van der Waals surface area (Å²) >= 11 is 1.73. The van der Waals surface area contributed by atoms with Crippen LogP contribution in [0.5, 0.6) is 0 Å². The number of fused-ring (bicyclic) bond motifs is 1. The zero-order chi connectivity index (χ0) is 19.0. The Morgan fingerprint density at radius 3 is 2.81 bits per heavy atom. The second-order valence-electron chi connectivity index (χ2n) is 7.78. The lowest BCUT2D eigenvalue weighted by Gasteiger charge is -2.31. The number of amides is 1. The number of likely N-dealkylation sites (tertiary alicyclic amines) is 1. The Kier molecular flexibility index (Phi) is 5.32. The molecule has 2 aromatic rings. The first-order valence-corrected chi connectivity index (χ1v) is 10.9. The lowest BCUT2D eigenvalue weighted by Crippen LogP contribution is -2.37. The summed E-state index contributed by atoms with van der Waals surface area (Å²) in [5.74, 6) is 0.134. The standard InChI is InChI=1S/C20H29N5OS/c1-4-25-17-8-7-15(23(3)12-18-21-14(2)13-27-18)11-16(17)19(22-25)20(26)24-9-5-6-10-24/h13,15H,4-12H2,1-3H3. The molecular weight excluding hydrogens is 358 g/mol. The molecule has 1 atom stereocenters. The minimum absolute atomic E-state index is 0.134. The molecule has 0 spiro atoms. The zero-order valence-corrected chi connectivity index (χ0v) is 17.4. The van der Waals surface area contributed by atoms with Crippen LogP contribution >= 0.6 is 11.3 Å². The van der Waals surface area contributed by atoms with E-state index >= 15 is 0 Å². The van der Waals surface area contributed by atoms with E-state index in [2.05, 4.69) is 33.9 Å². The largest absolute Gasteiger partial charge is 0.337 e. The molecule has 1 fully saturated rings. The van der Waals surface area contributed by atoms with Crippen molar-refractivity contribution in [2.75, 3.05) is 20.1 Å². The first-order chi connectivity index (χ1) is 13.1. The Morgan fingerprint density at radius 1 is 1.37 bits per heavy atom. The molecule has 27 heavy (non-hydrogen) atoms. The number of carbonyl (C=O) groups excluding carboxylic acids is 1. The predicted molar refractivity (Wildman–Crippen MR) is 107 cm³/mol. The van der Waals surface area contributed by atoms with Crippen LogP contribution in [0.3, 0.4) is 0 Å². The summed E-state index contributed by atoms with van der Waals surface area (Å²) in [7, 11) is 2.18. The fourth-order valence-corrected chi connectivity index (χ4v) is 5.20. The van der Waals surface area contributed by atoms with E-state index in [0.29, 0.717) is 11.7 Å². The van der Waals surface area contributed by atoms with Crippen LogP contribution in [-0.2, 0) is 25.9 Å². The van der Waals surface area contributed by atoms with E-state index in [-0.39, 0.29) is 5.91 Å². The molecule has 7 heteroatoms. The van der Waals surface area contributed by atoms with E-state index in [1.807, 2.05) is 11.8 Å². The highest BCUT2D eigenvalue weighted by Gasteiger charge is 2.33. The Labute approximate surface area is 165 Å². The number of likely N-dealkylation sites (N-methyl/N-ethyl adjacent to an activating group) is 1. The first kappa shape index (κ1) is 18.6. The molecule has 1 unspecified atom stereocenters. The van der Waals surface area contributed by atoms with Crippen LogP contribution in [-0.4, -0.2) is 56.7 Å². The molecule has 2 aromatic heterocycles. The van der Waals surface area contributed by atoms with Crippen LogP contribution in [0.1, 0.15) is 58.6 Å². The molecule has 6 nitrogen and oxygen atoms in total. The normalized spacial score (nSPS) is 19.7. The third-order valence-corrected chi connectivity index (χ3v) is 6.84. The third-order valence-electron chi connectivity index (χ3n) is 5.89. The van der Waals surface area contributed by atoms with E-state index < -0.39 is 0 Å². The van der Waals surface area contributed by atoms with Crippen LogP contribution in [0.15, 0.2) is 5.38 Å². The highest BCUT2D eigenvalue weighted by Crippen LogP contribution is 2.29. The van der Waals surface area contributed by atoms with Crippen molar-refractivity contribution in [2.24, 2.45) is 0 Å². The predicted octanol–water partition coefficient (Wildman–Crippen LogP) is 2.89. The fraction of sp³-hybridized carbons (Fsp3) is 0.650. The summed E-state index contributed by atoms with van der Waals surface area (Å²) in [4.78, 5) is 22.0. The Balaban J connectivity index is 1.55. The van der Waals surface area contributed by atoms with Gasteiger partial charge >= 0.3 is 0 Å². The van der Waals surface area contributed by atoms with Crippen molar-refractivity contribution >= 4 is 17.2 Å². The smallest absolute Gasteiger partial charge is 0.274 e. The van der Waals surface area contributed by atoms with Gasteiger partial charge < -0.3 is 4.90 Å². The number of carbonyl (C=O) groups is 1. The number of hydrogen-bond donors (Lipinski definition) is 0. The lowest BCUT2D eigenvalue weighted by atomic mass is 9.90.